The quantitative estimate of drug-likeness (QED) is 0.589. The Morgan fingerprint density at radius 3 is 2.44 bits per heavy atom. The summed E-state index contributed by atoms with van der Waals surface area (Å²) in [5.41, 5.74) is 0.393. The second kappa shape index (κ2) is 6.14. The molecule has 0 spiro atoms. The largest absolute Gasteiger partial charge is 0.477 e. The van der Waals surface area contributed by atoms with Gasteiger partial charge in [0, 0.05) is 5.56 Å². The third-order valence-electron chi connectivity index (χ3n) is 1.79. The average molecular weight is 241 g/mol. The van der Waals surface area contributed by atoms with Crippen LogP contribution < -0.4 is 0 Å². The lowest BCUT2D eigenvalue weighted by Gasteiger charge is -2.00. The molecule has 0 heterocycles. The van der Waals surface area contributed by atoms with Crippen LogP contribution in [0.4, 0.5) is 0 Å². The summed E-state index contributed by atoms with van der Waals surface area (Å²) < 4.78 is 18.9. The topological polar surface area (TPSA) is 87.0 Å². The molecule has 1 atom stereocenters. The van der Waals surface area contributed by atoms with Crippen LogP contribution >= 0.6 is 0 Å². The molecule has 1 rings (SSSR count). The number of nitrogens with zero attached hydrogens (tertiary/aromatic N) is 1. The summed E-state index contributed by atoms with van der Waals surface area (Å²) in [6.45, 7) is 0.0135. The number of hydrogen-bond donors (Lipinski definition) is 2. The molecule has 0 aliphatic heterocycles. The van der Waals surface area contributed by atoms with Crippen LogP contribution in [0.15, 0.2) is 35.3 Å². The number of benzene rings is 1. The fraction of sp³-hybridized carbons (Fsp3) is 0.200. The molecule has 0 aromatic heterocycles. The third kappa shape index (κ3) is 3.92. The lowest BCUT2D eigenvalue weighted by molar-refractivity contribution is -0.129. The molecule has 5 nitrogen and oxygen atoms in total. The van der Waals surface area contributed by atoms with Gasteiger partial charge in [-0.3, -0.25) is 4.99 Å². The van der Waals surface area contributed by atoms with E-state index >= 15 is 0 Å². The van der Waals surface area contributed by atoms with Gasteiger partial charge in [-0.25, -0.2) is 9.00 Å². The molecule has 0 saturated carbocycles. The Bertz CT molecular complexity index is 416. The normalized spacial score (nSPS) is 13.4. The second-order valence-corrected chi connectivity index (χ2v) is 3.98. The number of carbonyl (C=O) groups is 1. The fourth-order valence-electron chi connectivity index (χ4n) is 1.11. The van der Waals surface area contributed by atoms with Gasteiger partial charge in [-0.15, -0.1) is 0 Å². The van der Waals surface area contributed by atoms with Crippen molar-refractivity contribution >= 4 is 22.8 Å². The molecule has 0 fully saturated rings. The minimum atomic E-state index is -1.95. The van der Waals surface area contributed by atoms with E-state index in [9.17, 15) is 9.00 Å². The van der Waals surface area contributed by atoms with Gasteiger partial charge in [-0.1, -0.05) is 30.3 Å². The highest BCUT2D eigenvalue weighted by Crippen LogP contribution is 2.01. The molecule has 1 unspecified atom stereocenters. The first-order valence-corrected chi connectivity index (χ1v) is 5.79. The minimum absolute atomic E-state index is 0.0135. The number of hydrogen-bond acceptors (Lipinski definition) is 3. The molecule has 0 amide bonds. The first kappa shape index (κ1) is 12.5. The molecular weight excluding hydrogens is 230 g/mol. The maximum Gasteiger partial charge on any atom is 0.354 e. The molecule has 1 aromatic rings. The molecule has 1 aromatic carbocycles. The van der Waals surface area contributed by atoms with E-state index in [0.29, 0.717) is 5.56 Å². The van der Waals surface area contributed by atoms with Gasteiger partial charge >= 0.3 is 5.97 Å². The van der Waals surface area contributed by atoms with Crippen LogP contribution in [-0.4, -0.2) is 37.8 Å². The molecule has 0 radical (unpaired) electrons. The Labute approximate surface area is 95.1 Å². The van der Waals surface area contributed by atoms with Crippen LogP contribution in [0, 0.1) is 0 Å². The molecule has 86 valence electrons. The van der Waals surface area contributed by atoms with Crippen molar-refractivity contribution in [2.75, 3.05) is 12.3 Å². The standard InChI is InChI=1S/C10H11NO4S/c12-10(13)9(11-6-7-16(14)15)8-4-2-1-3-5-8/h1-5H,6-7H2,(H,12,13)(H,14,15). The van der Waals surface area contributed by atoms with Crippen LogP contribution in [0.1, 0.15) is 5.56 Å². The van der Waals surface area contributed by atoms with Gasteiger partial charge in [0.2, 0.25) is 0 Å². The minimum Gasteiger partial charge on any atom is -0.477 e. The number of carboxylic acid groups (broad SMARTS) is 1. The molecule has 0 saturated heterocycles. The van der Waals surface area contributed by atoms with E-state index in [0.717, 1.165) is 0 Å². The number of carboxylic acids is 1. The van der Waals surface area contributed by atoms with Crippen molar-refractivity contribution in [3.05, 3.63) is 35.9 Å². The van der Waals surface area contributed by atoms with Crippen molar-refractivity contribution in [1.29, 1.82) is 0 Å². The van der Waals surface area contributed by atoms with Gasteiger partial charge in [0.25, 0.3) is 0 Å². The Balaban J connectivity index is 2.84. The van der Waals surface area contributed by atoms with Gasteiger partial charge in [0.05, 0.1) is 12.3 Å². The monoisotopic (exact) mass is 241 g/mol. The van der Waals surface area contributed by atoms with Crippen molar-refractivity contribution in [3.63, 3.8) is 0 Å². The van der Waals surface area contributed by atoms with Gasteiger partial charge in [0.1, 0.15) is 5.71 Å². The van der Waals surface area contributed by atoms with Crippen molar-refractivity contribution in [2.24, 2.45) is 4.99 Å². The number of rotatable bonds is 5. The van der Waals surface area contributed by atoms with E-state index in [4.69, 9.17) is 9.66 Å². The highest BCUT2D eigenvalue weighted by molar-refractivity contribution is 7.79. The maximum atomic E-state index is 10.9. The van der Waals surface area contributed by atoms with E-state index in [-0.39, 0.29) is 18.0 Å². The van der Waals surface area contributed by atoms with Crippen molar-refractivity contribution in [3.8, 4) is 0 Å². The summed E-state index contributed by atoms with van der Waals surface area (Å²) in [6, 6.07) is 8.44. The summed E-state index contributed by atoms with van der Waals surface area (Å²) in [7, 11) is 0. The maximum absolute atomic E-state index is 10.9. The van der Waals surface area contributed by atoms with Gasteiger partial charge in [-0.05, 0) is 0 Å². The Morgan fingerprint density at radius 2 is 1.94 bits per heavy atom. The third-order valence-corrected chi connectivity index (χ3v) is 2.32. The van der Waals surface area contributed by atoms with Crippen molar-refractivity contribution < 1.29 is 18.7 Å². The molecule has 6 heteroatoms. The Hall–Kier alpha value is -1.53. The first-order valence-electron chi connectivity index (χ1n) is 4.52. The first-order chi connectivity index (χ1) is 7.61. The average Bonchev–Trinajstić information content (AvgIpc) is 2.25. The summed E-state index contributed by atoms with van der Waals surface area (Å²) in [5.74, 6) is -1.21. The predicted molar refractivity (Wildman–Crippen MR) is 61.1 cm³/mol. The summed E-state index contributed by atoms with van der Waals surface area (Å²) in [5, 5.41) is 8.92. The molecule has 16 heavy (non-hydrogen) atoms. The van der Waals surface area contributed by atoms with Crippen molar-refractivity contribution in [2.45, 2.75) is 0 Å². The van der Waals surface area contributed by atoms with Crippen LogP contribution in [0.2, 0.25) is 0 Å². The number of aliphatic imine (C=N–C) groups is 1. The predicted octanol–water partition coefficient (Wildman–Crippen LogP) is 0.782. The lowest BCUT2D eigenvalue weighted by atomic mass is 10.1. The molecule has 2 N–H and O–H groups in total. The summed E-state index contributed by atoms with van der Waals surface area (Å²) in [6.07, 6.45) is 0. The Kier molecular flexibility index (Phi) is 4.81. The molecule has 0 aliphatic rings. The van der Waals surface area contributed by atoms with Crippen LogP contribution in [0.5, 0.6) is 0 Å². The second-order valence-electron chi connectivity index (χ2n) is 2.93. The van der Waals surface area contributed by atoms with E-state index in [2.05, 4.69) is 4.99 Å². The van der Waals surface area contributed by atoms with E-state index in [1.54, 1.807) is 30.3 Å². The molecule has 0 aliphatic carbocycles. The highest BCUT2D eigenvalue weighted by Gasteiger charge is 2.11. The smallest absolute Gasteiger partial charge is 0.354 e. The number of aliphatic carboxylic acids is 1. The van der Waals surface area contributed by atoms with Crippen molar-refractivity contribution in [1.82, 2.24) is 0 Å². The molecule has 0 bridgehead atoms. The van der Waals surface area contributed by atoms with E-state index in [1.807, 2.05) is 0 Å². The van der Waals surface area contributed by atoms with E-state index < -0.39 is 17.0 Å². The highest BCUT2D eigenvalue weighted by atomic mass is 32.2. The van der Waals surface area contributed by atoms with Gasteiger partial charge in [-0.2, -0.15) is 0 Å². The van der Waals surface area contributed by atoms with Gasteiger partial charge in [0.15, 0.2) is 11.1 Å². The fourth-order valence-corrected chi connectivity index (χ4v) is 1.36. The van der Waals surface area contributed by atoms with E-state index in [1.165, 1.54) is 0 Å². The zero-order valence-electron chi connectivity index (χ0n) is 8.37. The zero-order chi connectivity index (χ0) is 12.0. The summed E-state index contributed by atoms with van der Waals surface area (Å²) >= 11 is -1.95. The lowest BCUT2D eigenvalue weighted by Crippen LogP contribution is -2.16. The van der Waals surface area contributed by atoms with Crippen LogP contribution in [0.25, 0.3) is 0 Å². The van der Waals surface area contributed by atoms with Crippen LogP contribution in [0.3, 0.4) is 0 Å². The van der Waals surface area contributed by atoms with Gasteiger partial charge < -0.3 is 9.66 Å². The zero-order valence-corrected chi connectivity index (χ0v) is 9.18. The van der Waals surface area contributed by atoms with Crippen LogP contribution in [-0.2, 0) is 15.9 Å². The molecular formula is C10H11NO4S. The Morgan fingerprint density at radius 1 is 1.31 bits per heavy atom. The SMILES string of the molecule is O=C(O)C(=NCCS(=O)O)c1ccccc1. The summed E-state index contributed by atoms with van der Waals surface area (Å²) in [4.78, 5) is 14.7.